The molecule has 3 nitrogen and oxygen atoms in total. The molecule has 1 aromatic heterocycles. The number of aromatic nitrogens is 1. The van der Waals surface area contributed by atoms with E-state index in [0.717, 1.165) is 33.6 Å². The van der Waals surface area contributed by atoms with Gasteiger partial charge in [-0.3, -0.25) is 0 Å². The van der Waals surface area contributed by atoms with E-state index in [-0.39, 0.29) is 0 Å². The van der Waals surface area contributed by atoms with Crippen molar-refractivity contribution in [3.63, 3.8) is 0 Å². The molecular weight excluding hydrogens is 284 g/mol. The highest BCUT2D eigenvalue weighted by molar-refractivity contribution is 6.17. The highest BCUT2D eigenvalue weighted by Gasteiger charge is 2.04. The van der Waals surface area contributed by atoms with Crippen LogP contribution in [-0.2, 0) is 5.88 Å². The fourth-order valence-electron chi connectivity index (χ4n) is 2.25. The van der Waals surface area contributed by atoms with Gasteiger partial charge in [0.15, 0.2) is 0 Å². The minimum atomic E-state index is 0.496. The van der Waals surface area contributed by atoms with Crippen molar-refractivity contribution in [1.29, 1.82) is 0 Å². The van der Waals surface area contributed by atoms with Crippen LogP contribution in [0.1, 0.15) is 5.56 Å². The van der Waals surface area contributed by atoms with Crippen LogP contribution in [0.3, 0.4) is 0 Å². The van der Waals surface area contributed by atoms with Gasteiger partial charge < -0.3 is 10.1 Å². The number of fused-ring (bicyclic) bond motifs is 1. The summed E-state index contributed by atoms with van der Waals surface area (Å²) in [4.78, 5) is 4.43. The van der Waals surface area contributed by atoms with Crippen molar-refractivity contribution in [2.45, 2.75) is 5.88 Å². The third kappa shape index (κ3) is 2.93. The first-order valence-electron chi connectivity index (χ1n) is 6.65. The van der Waals surface area contributed by atoms with Crippen LogP contribution < -0.4 is 10.1 Å². The quantitative estimate of drug-likeness (QED) is 0.707. The van der Waals surface area contributed by atoms with E-state index in [4.69, 9.17) is 16.3 Å². The van der Waals surface area contributed by atoms with Crippen molar-refractivity contribution in [3.05, 3.63) is 60.3 Å². The van der Waals surface area contributed by atoms with Gasteiger partial charge in [-0.05, 0) is 47.3 Å². The summed E-state index contributed by atoms with van der Waals surface area (Å²) in [6.45, 7) is 0. The second-order valence-corrected chi connectivity index (χ2v) is 4.97. The number of benzene rings is 2. The number of alkyl halides is 1. The zero-order chi connectivity index (χ0) is 14.7. The zero-order valence-electron chi connectivity index (χ0n) is 11.6. The monoisotopic (exact) mass is 298 g/mol. The maximum Gasteiger partial charge on any atom is 0.138 e. The van der Waals surface area contributed by atoms with Crippen molar-refractivity contribution >= 4 is 33.9 Å². The summed E-state index contributed by atoms with van der Waals surface area (Å²) in [5.74, 6) is 2.15. The van der Waals surface area contributed by atoms with Crippen LogP contribution in [0.5, 0.6) is 5.75 Å². The molecule has 3 rings (SSSR count). The third-order valence-electron chi connectivity index (χ3n) is 3.32. The summed E-state index contributed by atoms with van der Waals surface area (Å²) in [6.07, 6.45) is 1.79. The fourth-order valence-corrected chi connectivity index (χ4v) is 2.42. The van der Waals surface area contributed by atoms with Gasteiger partial charge in [0.2, 0.25) is 0 Å². The molecule has 21 heavy (non-hydrogen) atoms. The van der Waals surface area contributed by atoms with E-state index in [1.807, 2.05) is 48.5 Å². The number of anilines is 2. The number of hydrogen-bond acceptors (Lipinski definition) is 3. The van der Waals surface area contributed by atoms with Gasteiger partial charge in [-0.1, -0.05) is 12.1 Å². The van der Waals surface area contributed by atoms with Gasteiger partial charge in [-0.2, -0.15) is 0 Å². The van der Waals surface area contributed by atoms with E-state index in [2.05, 4.69) is 10.3 Å². The Morgan fingerprint density at radius 3 is 2.86 bits per heavy atom. The minimum Gasteiger partial charge on any atom is -0.497 e. The molecule has 1 heterocycles. The van der Waals surface area contributed by atoms with Crippen LogP contribution in [0.25, 0.3) is 10.8 Å². The molecule has 2 aromatic carbocycles. The zero-order valence-corrected chi connectivity index (χ0v) is 12.4. The lowest BCUT2D eigenvalue weighted by Gasteiger charge is -2.10. The molecule has 3 aromatic rings. The number of ether oxygens (including phenoxy) is 1. The molecule has 0 unspecified atom stereocenters. The molecule has 0 aliphatic rings. The SMILES string of the molecule is COc1ccc2c(Nc3cccc(CCl)c3)nccc2c1. The van der Waals surface area contributed by atoms with Gasteiger partial charge in [0.1, 0.15) is 11.6 Å². The third-order valence-corrected chi connectivity index (χ3v) is 3.62. The smallest absolute Gasteiger partial charge is 0.138 e. The Labute approximate surface area is 128 Å². The van der Waals surface area contributed by atoms with Crippen LogP contribution in [0.15, 0.2) is 54.7 Å². The Bertz CT molecular complexity index is 774. The first kappa shape index (κ1) is 13.7. The Morgan fingerprint density at radius 2 is 2.05 bits per heavy atom. The number of halogens is 1. The second kappa shape index (κ2) is 6.02. The van der Waals surface area contributed by atoms with Gasteiger partial charge in [0.05, 0.1) is 7.11 Å². The van der Waals surface area contributed by atoms with Crippen LogP contribution in [0, 0.1) is 0 Å². The lowest BCUT2D eigenvalue weighted by molar-refractivity contribution is 0.415. The molecule has 0 bridgehead atoms. The van der Waals surface area contributed by atoms with Gasteiger partial charge in [0, 0.05) is 23.2 Å². The molecule has 0 atom stereocenters. The largest absolute Gasteiger partial charge is 0.497 e. The van der Waals surface area contributed by atoms with Crippen LogP contribution in [0.2, 0.25) is 0 Å². The summed E-state index contributed by atoms with van der Waals surface area (Å²) in [5.41, 5.74) is 2.05. The second-order valence-electron chi connectivity index (χ2n) is 4.71. The number of methoxy groups -OCH3 is 1. The molecule has 0 amide bonds. The number of nitrogens with zero attached hydrogens (tertiary/aromatic N) is 1. The van der Waals surface area contributed by atoms with E-state index in [9.17, 15) is 0 Å². The average molecular weight is 299 g/mol. The van der Waals surface area contributed by atoms with Crippen LogP contribution in [-0.4, -0.2) is 12.1 Å². The van der Waals surface area contributed by atoms with Crippen molar-refractivity contribution in [3.8, 4) is 5.75 Å². The summed E-state index contributed by atoms with van der Waals surface area (Å²) in [6, 6.07) is 15.9. The molecule has 1 N–H and O–H groups in total. The summed E-state index contributed by atoms with van der Waals surface area (Å²) in [5, 5.41) is 5.48. The first-order valence-corrected chi connectivity index (χ1v) is 7.18. The first-order chi connectivity index (χ1) is 10.3. The van der Waals surface area contributed by atoms with Gasteiger partial charge >= 0.3 is 0 Å². The Morgan fingerprint density at radius 1 is 1.14 bits per heavy atom. The molecule has 0 aliphatic carbocycles. The normalized spacial score (nSPS) is 10.6. The lowest BCUT2D eigenvalue weighted by atomic mass is 10.1. The number of pyridine rings is 1. The minimum absolute atomic E-state index is 0.496. The number of hydrogen-bond donors (Lipinski definition) is 1. The molecule has 4 heteroatoms. The predicted octanol–water partition coefficient (Wildman–Crippen LogP) is 4.73. The van der Waals surface area contributed by atoms with Gasteiger partial charge in [-0.25, -0.2) is 4.98 Å². The summed E-state index contributed by atoms with van der Waals surface area (Å²) >= 11 is 5.87. The molecule has 0 radical (unpaired) electrons. The van der Waals surface area contributed by atoms with Crippen molar-refractivity contribution in [1.82, 2.24) is 4.98 Å². The Kier molecular flexibility index (Phi) is 3.93. The van der Waals surface area contributed by atoms with E-state index >= 15 is 0 Å². The predicted molar refractivity (Wildman–Crippen MR) is 87.6 cm³/mol. The number of nitrogens with one attached hydrogen (secondary N) is 1. The van der Waals surface area contributed by atoms with E-state index in [1.165, 1.54) is 0 Å². The average Bonchev–Trinajstić information content (AvgIpc) is 2.55. The maximum atomic E-state index is 5.87. The Hall–Kier alpha value is -2.26. The topological polar surface area (TPSA) is 34.1 Å². The molecule has 0 saturated heterocycles. The molecule has 0 aliphatic heterocycles. The fraction of sp³-hybridized carbons (Fsp3) is 0.118. The molecular formula is C17H15ClN2O. The summed E-state index contributed by atoms with van der Waals surface area (Å²) in [7, 11) is 1.67. The highest BCUT2D eigenvalue weighted by Crippen LogP contribution is 2.27. The Balaban J connectivity index is 2.00. The van der Waals surface area contributed by atoms with Crippen molar-refractivity contribution in [2.75, 3.05) is 12.4 Å². The van der Waals surface area contributed by atoms with Crippen LogP contribution in [0.4, 0.5) is 11.5 Å². The molecule has 0 spiro atoms. The standard InChI is InChI=1S/C17H15ClN2O/c1-21-15-5-6-16-13(10-15)7-8-19-17(16)20-14-4-2-3-12(9-14)11-18/h2-10H,11H2,1H3,(H,19,20). The number of rotatable bonds is 4. The van der Waals surface area contributed by atoms with E-state index < -0.39 is 0 Å². The highest BCUT2D eigenvalue weighted by atomic mass is 35.5. The van der Waals surface area contributed by atoms with Crippen molar-refractivity contribution < 1.29 is 4.74 Å². The maximum absolute atomic E-state index is 5.87. The van der Waals surface area contributed by atoms with E-state index in [0.29, 0.717) is 5.88 Å². The molecule has 0 saturated carbocycles. The molecule has 106 valence electrons. The summed E-state index contributed by atoms with van der Waals surface area (Å²) < 4.78 is 5.26. The van der Waals surface area contributed by atoms with E-state index in [1.54, 1.807) is 13.3 Å². The van der Waals surface area contributed by atoms with Gasteiger partial charge in [0.25, 0.3) is 0 Å². The van der Waals surface area contributed by atoms with Crippen LogP contribution >= 0.6 is 11.6 Å². The van der Waals surface area contributed by atoms with Gasteiger partial charge in [-0.15, -0.1) is 11.6 Å². The van der Waals surface area contributed by atoms with Crippen molar-refractivity contribution in [2.24, 2.45) is 0 Å². The lowest BCUT2D eigenvalue weighted by Crippen LogP contribution is -1.95. The molecule has 0 fully saturated rings.